The zero-order chi connectivity index (χ0) is 33.1. The van der Waals surface area contributed by atoms with Crippen LogP contribution in [0.5, 0.6) is 0 Å². The van der Waals surface area contributed by atoms with Gasteiger partial charge < -0.3 is 35.6 Å². The standard InChI is InChI=1S/C34H44FN5O7/c35-26-13-8-9-21-19-39(16-15-25(21)26)33(46)47-24-17-28-29(41)38-34(31(43)44)18-22(34)10-4-2-1-3-5-14-27(30(42)40(28)20-24)37-32(45)36-23-11-6-7-12-23/h4,8-10,13,22-24,27-28H,1-3,5-7,11-12,14-20H2,(H,38,41)(H,43,44)(H2,36,37,45)/b10-4-/t22-,24-,27+,28+,34-/m1/s1. The highest BCUT2D eigenvalue weighted by Gasteiger charge is 2.61. The summed E-state index contributed by atoms with van der Waals surface area (Å²) in [7, 11) is 0. The van der Waals surface area contributed by atoms with Crippen molar-refractivity contribution in [3.63, 3.8) is 0 Å². The Labute approximate surface area is 273 Å². The summed E-state index contributed by atoms with van der Waals surface area (Å²) in [6, 6.07) is 2.34. The van der Waals surface area contributed by atoms with Gasteiger partial charge in [0.1, 0.15) is 29.5 Å². The second-order valence-corrected chi connectivity index (χ2v) is 13.6. The zero-order valence-electron chi connectivity index (χ0n) is 26.5. The molecule has 12 nitrogen and oxygen atoms in total. The molecule has 5 atom stereocenters. The molecule has 0 spiro atoms. The molecule has 2 saturated carbocycles. The molecule has 2 aliphatic carbocycles. The van der Waals surface area contributed by atoms with Gasteiger partial charge in [-0.15, -0.1) is 0 Å². The minimum absolute atomic E-state index is 0.0282. The molecule has 0 bridgehead atoms. The van der Waals surface area contributed by atoms with E-state index < -0.39 is 53.6 Å². The van der Waals surface area contributed by atoms with Gasteiger partial charge in [-0.05, 0) is 62.1 Å². The number of aliphatic carboxylic acids is 1. The number of ether oxygens (including phenoxy) is 1. The van der Waals surface area contributed by atoms with E-state index in [1.807, 2.05) is 12.2 Å². The smallest absolute Gasteiger partial charge is 0.410 e. The summed E-state index contributed by atoms with van der Waals surface area (Å²) in [5.74, 6) is -2.94. The summed E-state index contributed by atoms with van der Waals surface area (Å²) < 4.78 is 20.1. The predicted molar refractivity (Wildman–Crippen MR) is 167 cm³/mol. The molecule has 0 unspecified atom stereocenters. The van der Waals surface area contributed by atoms with Crippen molar-refractivity contribution >= 4 is 29.9 Å². The van der Waals surface area contributed by atoms with Crippen LogP contribution in [0.1, 0.15) is 81.8 Å². The lowest BCUT2D eigenvalue weighted by molar-refractivity contribution is -0.145. The normalized spacial score (nSPS) is 30.5. The topological polar surface area (TPSA) is 157 Å². The first-order chi connectivity index (χ1) is 22.6. The van der Waals surface area contributed by atoms with Crippen LogP contribution < -0.4 is 16.0 Å². The predicted octanol–water partition coefficient (Wildman–Crippen LogP) is 3.38. The quantitative estimate of drug-likeness (QED) is 0.363. The molecular formula is C34H44FN5O7. The maximum absolute atomic E-state index is 14.2. The maximum Gasteiger partial charge on any atom is 0.410 e. The van der Waals surface area contributed by atoms with Crippen molar-refractivity contribution in [3.8, 4) is 0 Å². The Kier molecular flexibility index (Phi) is 9.70. The average Bonchev–Trinajstić information content (AvgIpc) is 3.33. The number of carboxylic acid groups (broad SMARTS) is 1. The number of fused-ring (bicyclic) bond motifs is 3. The second kappa shape index (κ2) is 13.9. The van der Waals surface area contributed by atoms with Crippen molar-refractivity contribution < 1.29 is 38.2 Å². The Morgan fingerprint density at radius 2 is 1.83 bits per heavy atom. The van der Waals surface area contributed by atoms with Crippen LogP contribution in [-0.2, 0) is 32.1 Å². The number of nitrogens with zero attached hydrogens (tertiary/aromatic N) is 2. The first-order valence-electron chi connectivity index (χ1n) is 17.0. The highest BCUT2D eigenvalue weighted by atomic mass is 19.1. The first-order valence-corrected chi connectivity index (χ1v) is 17.0. The van der Waals surface area contributed by atoms with E-state index in [1.54, 1.807) is 12.1 Å². The van der Waals surface area contributed by atoms with Gasteiger partial charge in [-0.25, -0.2) is 18.8 Å². The number of halogens is 1. The molecule has 0 aromatic heterocycles. The van der Waals surface area contributed by atoms with Crippen LogP contribution in [0.3, 0.4) is 0 Å². The Balaban J connectivity index is 1.20. The van der Waals surface area contributed by atoms with Crippen molar-refractivity contribution in [3.05, 3.63) is 47.3 Å². The Morgan fingerprint density at radius 1 is 1.04 bits per heavy atom. The van der Waals surface area contributed by atoms with E-state index in [0.29, 0.717) is 30.4 Å². The SMILES string of the molecule is O=C(NC1CCCC1)N[C@H]1CCCCC/C=C\[C@@H]2C[C@@]2(C(=O)O)NC(=O)[C@@H]2C[C@@H](OC(=O)N3CCc4c(F)cccc4C3)CN2C1=O. The summed E-state index contributed by atoms with van der Waals surface area (Å²) in [5.41, 5.74) is -0.202. The van der Waals surface area contributed by atoms with Gasteiger partial charge in [0.25, 0.3) is 0 Å². The Morgan fingerprint density at radius 3 is 2.62 bits per heavy atom. The summed E-state index contributed by atoms with van der Waals surface area (Å²) in [6.07, 6.45) is 10.1. The number of urea groups is 1. The van der Waals surface area contributed by atoms with E-state index in [4.69, 9.17) is 4.74 Å². The number of rotatable bonds is 4. The lowest BCUT2D eigenvalue weighted by atomic mass is 9.99. The fourth-order valence-corrected chi connectivity index (χ4v) is 7.54. The Bertz CT molecular complexity index is 1430. The first kappa shape index (κ1) is 32.8. The number of nitrogens with one attached hydrogen (secondary N) is 3. The van der Waals surface area contributed by atoms with E-state index in [2.05, 4.69) is 16.0 Å². The minimum atomic E-state index is -1.47. The van der Waals surface area contributed by atoms with Crippen LogP contribution in [0, 0.1) is 11.7 Å². The molecule has 3 heterocycles. The number of allylic oxidation sites excluding steroid dienone is 1. The molecule has 6 rings (SSSR count). The second-order valence-electron chi connectivity index (χ2n) is 13.6. The summed E-state index contributed by atoms with van der Waals surface area (Å²) in [4.78, 5) is 69.4. The molecule has 4 N–H and O–H groups in total. The molecule has 13 heteroatoms. The number of amides is 5. The van der Waals surface area contributed by atoms with Crippen molar-refractivity contribution in [1.29, 1.82) is 0 Å². The lowest BCUT2D eigenvalue weighted by Crippen LogP contribution is -2.57. The van der Waals surface area contributed by atoms with Crippen LogP contribution in [0.15, 0.2) is 30.4 Å². The highest BCUT2D eigenvalue weighted by Crippen LogP contribution is 2.45. The minimum Gasteiger partial charge on any atom is -0.479 e. The fourth-order valence-electron chi connectivity index (χ4n) is 7.54. The lowest BCUT2D eigenvalue weighted by Gasteiger charge is -2.30. The molecule has 5 amide bonds. The van der Waals surface area contributed by atoms with Gasteiger partial charge in [0.15, 0.2) is 0 Å². The molecule has 1 aromatic rings. The number of hydrogen-bond donors (Lipinski definition) is 4. The third-order valence-corrected chi connectivity index (χ3v) is 10.4. The molecule has 1 saturated heterocycles. The van der Waals surface area contributed by atoms with Crippen LogP contribution >= 0.6 is 0 Å². The van der Waals surface area contributed by atoms with Crippen LogP contribution in [0.25, 0.3) is 0 Å². The van der Waals surface area contributed by atoms with Crippen LogP contribution in [-0.4, -0.2) is 87.7 Å². The number of carbonyl (C=O) groups is 5. The van der Waals surface area contributed by atoms with Gasteiger partial charge in [-0.2, -0.15) is 0 Å². The zero-order valence-corrected chi connectivity index (χ0v) is 26.5. The molecule has 254 valence electrons. The Hall–Kier alpha value is -4.16. The van der Waals surface area contributed by atoms with Crippen molar-refractivity contribution in [2.45, 2.75) is 113 Å². The van der Waals surface area contributed by atoms with Crippen LogP contribution in [0.4, 0.5) is 14.0 Å². The molecule has 0 radical (unpaired) electrons. The molecule has 3 fully saturated rings. The van der Waals surface area contributed by atoms with Crippen molar-refractivity contribution in [2.24, 2.45) is 5.92 Å². The fraction of sp³-hybridized carbons (Fsp3) is 0.618. The molecular weight excluding hydrogens is 609 g/mol. The summed E-state index contributed by atoms with van der Waals surface area (Å²) in [5, 5.41) is 18.6. The van der Waals surface area contributed by atoms with E-state index in [-0.39, 0.29) is 50.3 Å². The molecule has 1 aromatic carbocycles. The molecule has 5 aliphatic rings. The third kappa shape index (κ3) is 7.23. The van der Waals surface area contributed by atoms with Gasteiger partial charge in [-0.1, -0.05) is 50.0 Å². The van der Waals surface area contributed by atoms with E-state index in [0.717, 1.165) is 44.9 Å². The van der Waals surface area contributed by atoms with Gasteiger partial charge in [-0.3, -0.25) is 9.59 Å². The van der Waals surface area contributed by atoms with Gasteiger partial charge >= 0.3 is 18.1 Å². The van der Waals surface area contributed by atoms with Gasteiger partial charge in [0, 0.05) is 31.5 Å². The van der Waals surface area contributed by atoms with Crippen LogP contribution in [0.2, 0.25) is 0 Å². The monoisotopic (exact) mass is 653 g/mol. The van der Waals surface area contributed by atoms with Crippen molar-refractivity contribution in [2.75, 3.05) is 13.1 Å². The van der Waals surface area contributed by atoms with E-state index in [1.165, 1.54) is 15.9 Å². The third-order valence-electron chi connectivity index (χ3n) is 10.4. The van der Waals surface area contributed by atoms with E-state index >= 15 is 0 Å². The van der Waals surface area contributed by atoms with Gasteiger partial charge in [0.2, 0.25) is 11.8 Å². The average molecular weight is 654 g/mol. The van der Waals surface area contributed by atoms with E-state index in [9.17, 15) is 33.5 Å². The number of benzene rings is 1. The summed E-state index contributed by atoms with van der Waals surface area (Å²) >= 11 is 0. The van der Waals surface area contributed by atoms with Gasteiger partial charge in [0.05, 0.1) is 6.54 Å². The molecule has 3 aliphatic heterocycles. The number of carbonyl (C=O) groups excluding carboxylic acids is 4. The summed E-state index contributed by atoms with van der Waals surface area (Å²) in [6.45, 7) is 0.334. The largest absolute Gasteiger partial charge is 0.479 e. The number of carboxylic acids is 1. The van der Waals surface area contributed by atoms with Crippen molar-refractivity contribution in [1.82, 2.24) is 25.8 Å². The maximum atomic E-state index is 14.2. The highest BCUT2D eigenvalue weighted by molar-refractivity contribution is 5.96. The number of hydrogen-bond acceptors (Lipinski definition) is 6. The molecule has 47 heavy (non-hydrogen) atoms.